The van der Waals surface area contributed by atoms with Crippen LogP contribution in [0.5, 0.6) is 0 Å². The molecule has 2 N–H and O–H groups in total. The molecule has 0 aliphatic rings. The van der Waals surface area contributed by atoms with E-state index in [1.807, 2.05) is 18.2 Å². The van der Waals surface area contributed by atoms with Crippen molar-refractivity contribution in [1.29, 1.82) is 0 Å². The van der Waals surface area contributed by atoms with E-state index in [-0.39, 0.29) is 13.0 Å². The summed E-state index contributed by atoms with van der Waals surface area (Å²) in [5.74, 6) is -1.41. The van der Waals surface area contributed by atoms with Crippen molar-refractivity contribution in [3.8, 4) is 0 Å². The van der Waals surface area contributed by atoms with Crippen LogP contribution < -0.4 is 10.6 Å². The summed E-state index contributed by atoms with van der Waals surface area (Å²) < 4.78 is 17.4. The van der Waals surface area contributed by atoms with Crippen LogP contribution in [-0.4, -0.2) is 37.0 Å². The van der Waals surface area contributed by atoms with E-state index in [1.165, 1.54) is 0 Å². The Bertz CT molecular complexity index is 817. The van der Waals surface area contributed by atoms with Crippen LogP contribution in [0, 0.1) is 0 Å². The molecule has 0 unspecified atom stereocenters. The lowest BCUT2D eigenvalue weighted by Crippen LogP contribution is -2.49. The first kappa shape index (κ1) is 21.4. The first-order chi connectivity index (χ1) is 13.5. The van der Waals surface area contributed by atoms with Crippen molar-refractivity contribution in [1.82, 2.24) is 10.6 Å². The molecule has 8 heteroatoms. The van der Waals surface area contributed by atoms with Gasteiger partial charge < -0.3 is 15.4 Å². The van der Waals surface area contributed by atoms with Crippen LogP contribution in [-0.2, 0) is 27.4 Å². The molecule has 0 aromatic heterocycles. The Morgan fingerprint density at radius 2 is 1.71 bits per heavy atom. The van der Waals surface area contributed by atoms with Gasteiger partial charge in [-0.2, -0.15) is 0 Å². The number of amides is 2. The van der Waals surface area contributed by atoms with Gasteiger partial charge >= 0.3 is 6.09 Å². The highest BCUT2D eigenvalue weighted by atomic mass is 35.5. The van der Waals surface area contributed by atoms with Gasteiger partial charge in [0.1, 0.15) is 19.3 Å². The van der Waals surface area contributed by atoms with Gasteiger partial charge in [0.05, 0.1) is 6.54 Å². The van der Waals surface area contributed by atoms with Gasteiger partial charge in [0, 0.05) is 11.4 Å². The maximum absolute atomic E-state index is 12.4. The van der Waals surface area contributed by atoms with E-state index in [1.54, 1.807) is 36.4 Å². The lowest BCUT2D eigenvalue weighted by atomic mass is 10.1. The van der Waals surface area contributed by atoms with Gasteiger partial charge in [-0.1, -0.05) is 60.1 Å². The Kier molecular flexibility index (Phi) is 8.42. The minimum atomic E-state index is -1.18. The van der Waals surface area contributed by atoms with Crippen LogP contribution in [0.3, 0.4) is 0 Å². The average molecular weight is 407 g/mol. The van der Waals surface area contributed by atoms with E-state index >= 15 is 0 Å². The number of nitrogens with one attached hydrogen (secondary N) is 2. The minimum absolute atomic E-state index is 0.0352. The monoisotopic (exact) mass is 406 g/mol. The smallest absolute Gasteiger partial charge is 0.408 e. The molecule has 148 valence electrons. The molecule has 0 saturated heterocycles. The van der Waals surface area contributed by atoms with Crippen LogP contribution in [0.15, 0.2) is 54.6 Å². The van der Waals surface area contributed by atoms with Gasteiger partial charge in [0.25, 0.3) is 0 Å². The summed E-state index contributed by atoms with van der Waals surface area (Å²) in [6.07, 6.45) is -0.719. The zero-order chi connectivity index (χ0) is 20.4. The van der Waals surface area contributed by atoms with Gasteiger partial charge in [-0.15, -0.1) is 0 Å². The third-order valence-corrected chi connectivity index (χ3v) is 4.18. The van der Waals surface area contributed by atoms with Crippen molar-refractivity contribution in [2.75, 3.05) is 13.2 Å². The maximum Gasteiger partial charge on any atom is 0.408 e. The van der Waals surface area contributed by atoms with Gasteiger partial charge in [-0.25, -0.2) is 9.18 Å². The number of carbonyl (C=O) groups is 3. The second-order valence-corrected chi connectivity index (χ2v) is 6.35. The zero-order valence-electron chi connectivity index (χ0n) is 15.0. The van der Waals surface area contributed by atoms with Crippen molar-refractivity contribution >= 4 is 29.4 Å². The number of Topliss-reactive ketones (excluding diaryl/α,β-unsaturated/α-hetero) is 1. The molecule has 0 spiro atoms. The van der Waals surface area contributed by atoms with Crippen molar-refractivity contribution in [2.24, 2.45) is 0 Å². The number of alkyl halides is 1. The quantitative estimate of drug-likeness (QED) is 0.670. The Balaban J connectivity index is 2.01. The topological polar surface area (TPSA) is 84.5 Å². The van der Waals surface area contributed by atoms with Gasteiger partial charge in [0.15, 0.2) is 5.78 Å². The van der Waals surface area contributed by atoms with Crippen LogP contribution >= 0.6 is 11.6 Å². The third-order valence-electron chi connectivity index (χ3n) is 3.81. The number of hydrogen-bond donors (Lipinski definition) is 2. The Morgan fingerprint density at radius 3 is 2.39 bits per heavy atom. The van der Waals surface area contributed by atoms with Gasteiger partial charge in [-0.3, -0.25) is 9.59 Å². The number of hydrogen-bond acceptors (Lipinski definition) is 4. The largest absolute Gasteiger partial charge is 0.445 e. The fourth-order valence-electron chi connectivity index (χ4n) is 2.36. The second kappa shape index (κ2) is 11.0. The fourth-order valence-corrected chi connectivity index (χ4v) is 2.57. The predicted molar refractivity (Wildman–Crippen MR) is 103 cm³/mol. The first-order valence-corrected chi connectivity index (χ1v) is 8.93. The molecule has 0 heterocycles. The normalized spacial score (nSPS) is 11.4. The molecule has 2 aromatic rings. The molecule has 2 rings (SSSR count). The van der Waals surface area contributed by atoms with Crippen molar-refractivity contribution in [2.45, 2.75) is 19.1 Å². The third kappa shape index (κ3) is 7.00. The van der Waals surface area contributed by atoms with E-state index in [2.05, 4.69) is 10.6 Å². The number of benzene rings is 2. The molecular formula is C20H20ClFN2O4. The highest BCUT2D eigenvalue weighted by Gasteiger charge is 2.23. The number of alkyl carbamates (subject to hydrolysis) is 1. The van der Waals surface area contributed by atoms with Crippen molar-refractivity contribution in [3.05, 3.63) is 70.7 Å². The van der Waals surface area contributed by atoms with E-state index in [0.717, 1.165) is 5.56 Å². The summed E-state index contributed by atoms with van der Waals surface area (Å²) in [6, 6.07) is 14.9. The van der Waals surface area contributed by atoms with Crippen LogP contribution in [0.2, 0.25) is 5.02 Å². The maximum atomic E-state index is 12.4. The summed E-state index contributed by atoms with van der Waals surface area (Å²) >= 11 is 6.12. The Labute approximate surface area is 167 Å². The standard InChI is InChI=1S/C20H20ClFN2O4/c21-17-9-5-4-8-15(17)10-18(19(26)23-12-16(25)11-22)24-20(27)28-13-14-6-2-1-3-7-14/h1-9,18H,10-13H2,(H,23,26)(H,24,27)/t18-/m0/s1. The summed E-state index contributed by atoms with van der Waals surface area (Å²) in [5, 5.41) is 5.21. The van der Waals surface area contributed by atoms with Crippen molar-refractivity contribution in [3.63, 3.8) is 0 Å². The molecule has 6 nitrogen and oxygen atoms in total. The van der Waals surface area contributed by atoms with E-state index in [4.69, 9.17) is 16.3 Å². The molecular weight excluding hydrogens is 387 g/mol. The number of rotatable bonds is 9. The predicted octanol–water partition coefficient (Wildman–Crippen LogP) is 2.83. The fraction of sp³-hybridized carbons (Fsp3) is 0.250. The molecule has 0 bridgehead atoms. The molecule has 0 aliphatic heterocycles. The van der Waals surface area contributed by atoms with Gasteiger partial charge in [-0.05, 0) is 17.2 Å². The van der Waals surface area contributed by atoms with Gasteiger partial charge in [0.2, 0.25) is 5.91 Å². The average Bonchev–Trinajstić information content (AvgIpc) is 2.72. The SMILES string of the molecule is O=C(CF)CNC(=O)[C@H](Cc1ccccc1Cl)NC(=O)OCc1ccccc1. The van der Waals surface area contributed by atoms with Crippen molar-refractivity contribution < 1.29 is 23.5 Å². The molecule has 2 amide bonds. The zero-order valence-corrected chi connectivity index (χ0v) is 15.7. The highest BCUT2D eigenvalue weighted by molar-refractivity contribution is 6.31. The van der Waals surface area contributed by atoms with Crippen LogP contribution in [0.4, 0.5) is 9.18 Å². The lowest BCUT2D eigenvalue weighted by Gasteiger charge is -2.19. The Hall–Kier alpha value is -2.93. The summed E-state index contributed by atoms with van der Waals surface area (Å²) in [6.45, 7) is -1.61. The molecule has 1 atom stereocenters. The second-order valence-electron chi connectivity index (χ2n) is 5.94. The molecule has 0 aliphatic carbocycles. The molecule has 0 saturated carbocycles. The molecule has 0 fully saturated rings. The van der Waals surface area contributed by atoms with E-state index < -0.39 is 37.0 Å². The number of ether oxygens (including phenoxy) is 1. The van der Waals surface area contributed by atoms with Crippen LogP contribution in [0.25, 0.3) is 0 Å². The summed E-state index contributed by atoms with van der Waals surface area (Å²) in [5.41, 5.74) is 1.42. The summed E-state index contributed by atoms with van der Waals surface area (Å²) in [7, 11) is 0. The number of halogens is 2. The molecule has 28 heavy (non-hydrogen) atoms. The lowest BCUT2D eigenvalue weighted by molar-refractivity contribution is -0.126. The molecule has 0 radical (unpaired) electrons. The number of ketones is 1. The summed E-state index contributed by atoms with van der Waals surface area (Å²) in [4.78, 5) is 35.6. The van der Waals surface area contributed by atoms with Crippen LogP contribution in [0.1, 0.15) is 11.1 Å². The van der Waals surface area contributed by atoms with E-state index in [0.29, 0.717) is 10.6 Å². The molecule has 2 aromatic carbocycles. The Morgan fingerprint density at radius 1 is 1.04 bits per heavy atom. The number of carbonyl (C=O) groups excluding carboxylic acids is 3. The highest BCUT2D eigenvalue weighted by Crippen LogP contribution is 2.17. The first-order valence-electron chi connectivity index (χ1n) is 8.55. The minimum Gasteiger partial charge on any atom is -0.445 e. The van der Waals surface area contributed by atoms with E-state index in [9.17, 15) is 18.8 Å².